The molecule has 1 aliphatic rings. The van der Waals surface area contributed by atoms with E-state index >= 15 is 0 Å². The van der Waals surface area contributed by atoms with Crippen molar-refractivity contribution in [1.29, 1.82) is 0 Å². The number of aromatic nitrogens is 2. The average Bonchev–Trinajstić information content (AvgIpc) is 3.32. The lowest BCUT2D eigenvalue weighted by Gasteiger charge is -2.33. The largest absolute Gasteiger partial charge is 0.354 e. The van der Waals surface area contributed by atoms with Gasteiger partial charge in [-0.15, -0.1) is 0 Å². The van der Waals surface area contributed by atoms with Crippen molar-refractivity contribution in [3.63, 3.8) is 0 Å². The van der Waals surface area contributed by atoms with Crippen LogP contribution in [0.2, 0.25) is 0 Å². The molecule has 1 fully saturated rings. The summed E-state index contributed by atoms with van der Waals surface area (Å²) >= 11 is 0. The van der Waals surface area contributed by atoms with Crippen LogP contribution in [0.25, 0.3) is 0 Å². The molecule has 6 nitrogen and oxygen atoms in total. The first-order chi connectivity index (χ1) is 15.3. The van der Waals surface area contributed by atoms with Crippen LogP contribution in [0.15, 0.2) is 78.0 Å². The SMILES string of the molecule is CN=C(NCc1cccc(Cn2cccn2)c1)NC1CCN(Cc2ccccc2)CC1. The molecule has 1 saturated heterocycles. The van der Waals surface area contributed by atoms with Gasteiger partial charge in [0.1, 0.15) is 0 Å². The van der Waals surface area contributed by atoms with Gasteiger partial charge in [-0.3, -0.25) is 14.6 Å². The number of aliphatic imine (C=N–C) groups is 1. The third-order valence-electron chi connectivity index (χ3n) is 5.76. The van der Waals surface area contributed by atoms with Crippen molar-refractivity contribution in [2.45, 2.75) is 38.5 Å². The van der Waals surface area contributed by atoms with Crippen LogP contribution < -0.4 is 10.6 Å². The molecule has 0 spiro atoms. The molecule has 0 amide bonds. The Labute approximate surface area is 185 Å². The molecule has 0 saturated carbocycles. The van der Waals surface area contributed by atoms with Gasteiger partial charge < -0.3 is 10.6 Å². The molecule has 31 heavy (non-hydrogen) atoms. The van der Waals surface area contributed by atoms with Gasteiger partial charge in [0.05, 0.1) is 6.54 Å². The lowest BCUT2D eigenvalue weighted by Crippen LogP contribution is -2.48. The Morgan fingerprint density at radius 3 is 2.48 bits per heavy atom. The summed E-state index contributed by atoms with van der Waals surface area (Å²) < 4.78 is 1.94. The molecule has 3 aromatic rings. The Bertz CT molecular complexity index is 943. The van der Waals surface area contributed by atoms with E-state index in [1.165, 1.54) is 16.7 Å². The highest BCUT2D eigenvalue weighted by Crippen LogP contribution is 2.14. The Morgan fingerprint density at radius 1 is 0.968 bits per heavy atom. The number of nitrogens with one attached hydrogen (secondary N) is 2. The topological polar surface area (TPSA) is 57.5 Å². The van der Waals surface area contributed by atoms with Gasteiger partial charge in [0.2, 0.25) is 0 Å². The Hall–Kier alpha value is -3.12. The van der Waals surface area contributed by atoms with E-state index in [1.807, 2.05) is 30.2 Å². The normalized spacial score (nSPS) is 15.7. The van der Waals surface area contributed by atoms with Crippen molar-refractivity contribution in [3.8, 4) is 0 Å². The zero-order valence-electron chi connectivity index (χ0n) is 18.2. The quantitative estimate of drug-likeness (QED) is 0.459. The number of benzene rings is 2. The molecule has 0 atom stereocenters. The lowest BCUT2D eigenvalue weighted by molar-refractivity contribution is 0.198. The molecule has 1 aromatic heterocycles. The predicted octanol–water partition coefficient (Wildman–Crippen LogP) is 3.26. The fraction of sp³-hybridized carbons (Fsp3) is 0.360. The number of likely N-dealkylation sites (tertiary alicyclic amines) is 1. The summed E-state index contributed by atoms with van der Waals surface area (Å²) in [5.41, 5.74) is 3.88. The van der Waals surface area contributed by atoms with Crippen molar-refractivity contribution >= 4 is 5.96 Å². The van der Waals surface area contributed by atoms with Gasteiger partial charge in [-0.1, -0.05) is 54.6 Å². The molecular weight excluding hydrogens is 384 g/mol. The van der Waals surface area contributed by atoms with Crippen LogP contribution in [0.4, 0.5) is 0 Å². The molecule has 1 aliphatic heterocycles. The monoisotopic (exact) mass is 416 g/mol. The van der Waals surface area contributed by atoms with Crippen molar-refractivity contribution in [1.82, 2.24) is 25.3 Å². The maximum absolute atomic E-state index is 4.43. The Morgan fingerprint density at radius 2 is 1.74 bits per heavy atom. The Kier molecular flexibility index (Phi) is 7.34. The highest BCUT2D eigenvalue weighted by atomic mass is 15.3. The van der Waals surface area contributed by atoms with Crippen LogP contribution in [-0.4, -0.2) is 46.8 Å². The van der Waals surface area contributed by atoms with Crippen LogP contribution in [0.3, 0.4) is 0 Å². The van der Waals surface area contributed by atoms with Gasteiger partial charge in [0.25, 0.3) is 0 Å². The molecule has 0 bridgehead atoms. The number of nitrogens with zero attached hydrogens (tertiary/aromatic N) is 4. The van der Waals surface area contributed by atoms with Gasteiger partial charge in [-0.05, 0) is 35.6 Å². The second kappa shape index (κ2) is 10.8. The maximum atomic E-state index is 4.43. The van der Waals surface area contributed by atoms with E-state index in [1.54, 1.807) is 0 Å². The van der Waals surface area contributed by atoms with Gasteiger partial charge >= 0.3 is 0 Å². The third-order valence-corrected chi connectivity index (χ3v) is 5.76. The smallest absolute Gasteiger partial charge is 0.191 e. The molecular formula is C25H32N6. The predicted molar refractivity (Wildman–Crippen MR) is 126 cm³/mol. The minimum Gasteiger partial charge on any atom is -0.354 e. The molecule has 2 heterocycles. The third kappa shape index (κ3) is 6.43. The van der Waals surface area contributed by atoms with E-state index in [2.05, 4.69) is 80.2 Å². The number of rotatable bonds is 7. The molecule has 162 valence electrons. The van der Waals surface area contributed by atoms with Crippen molar-refractivity contribution in [2.75, 3.05) is 20.1 Å². The zero-order chi connectivity index (χ0) is 21.3. The molecule has 6 heteroatoms. The van der Waals surface area contributed by atoms with Crippen LogP contribution >= 0.6 is 0 Å². The minimum absolute atomic E-state index is 0.462. The summed E-state index contributed by atoms with van der Waals surface area (Å²) in [7, 11) is 1.84. The summed E-state index contributed by atoms with van der Waals surface area (Å²) in [4.78, 5) is 6.97. The van der Waals surface area contributed by atoms with Gasteiger partial charge in [0.15, 0.2) is 5.96 Å². The van der Waals surface area contributed by atoms with E-state index in [0.29, 0.717) is 6.04 Å². The van der Waals surface area contributed by atoms with E-state index in [9.17, 15) is 0 Å². The lowest BCUT2D eigenvalue weighted by atomic mass is 10.0. The summed E-state index contributed by atoms with van der Waals surface area (Å²) in [5, 5.41) is 11.4. The van der Waals surface area contributed by atoms with Gasteiger partial charge in [-0.25, -0.2) is 0 Å². The summed E-state index contributed by atoms with van der Waals surface area (Å²) in [6.45, 7) is 4.79. The fourth-order valence-corrected chi connectivity index (χ4v) is 4.07. The van der Waals surface area contributed by atoms with Crippen molar-refractivity contribution < 1.29 is 0 Å². The molecule has 0 radical (unpaired) electrons. The fourth-order valence-electron chi connectivity index (χ4n) is 4.07. The number of guanidine groups is 1. The van der Waals surface area contributed by atoms with Crippen LogP contribution in [0, 0.1) is 0 Å². The van der Waals surface area contributed by atoms with E-state index in [4.69, 9.17) is 0 Å². The number of hydrogen-bond donors (Lipinski definition) is 2. The van der Waals surface area contributed by atoms with Gasteiger partial charge in [-0.2, -0.15) is 5.10 Å². The molecule has 2 aromatic carbocycles. The average molecular weight is 417 g/mol. The Balaban J connectivity index is 1.22. The van der Waals surface area contributed by atoms with Crippen LogP contribution in [0.1, 0.15) is 29.5 Å². The highest BCUT2D eigenvalue weighted by Gasteiger charge is 2.20. The standard InChI is InChI=1S/C25H32N6/c1-26-25(27-18-22-9-5-10-23(17-22)20-31-14-6-13-28-31)29-24-11-15-30(16-12-24)19-21-7-3-2-4-8-21/h2-10,13-14,17,24H,11-12,15-16,18-20H2,1H3,(H2,26,27,29). The second-order valence-corrected chi connectivity index (χ2v) is 8.13. The number of hydrogen-bond acceptors (Lipinski definition) is 3. The summed E-state index contributed by atoms with van der Waals surface area (Å²) in [6, 6.07) is 21.8. The van der Waals surface area contributed by atoms with E-state index in [-0.39, 0.29) is 0 Å². The highest BCUT2D eigenvalue weighted by molar-refractivity contribution is 5.79. The van der Waals surface area contributed by atoms with E-state index < -0.39 is 0 Å². The summed E-state index contributed by atoms with van der Waals surface area (Å²) in [6.07, 6.45) is 6.06. The zero-order valence-corrected chi connectivity index (χ0v) is 18.2. The van der Waals surface area contributed by atoms with Crippen LogP contribution in [-0.2, 0) is 19.6 Å². The van der Waals surface area contributed by atoms with Crippen LogP contribution in [0.5, 0.6) is 0 Å². The molecule has 4 rings (SSSR count). The second-order valence-electron chi connectivity index (χ2n) is 8.13. The first-order valence-electron chi connectivity index (χ1n) is 11.1. The molecule has 0 unspecified atom stereocenters. The summed E-state index contributed by atoms with van der Waals surface area (Å²) in [5.74, 6) is 0.874. The minimum atomic E-state index is 0.462. The molecule has 0 aliphatic carbocycles. The van der Waals surface area contributed by atoms with Crippen molar-refractivity contribution in [2.24, 2.45) is 4.99 Å². The number of piperidine rings is 1. The maximum Gasteiger partial charge on any atom is 0.191 e. The first-order valence-corrected chi connectivity index (χ1v) is 11.1. The first kappa shape index (κ1) is 21.1. The molecule has 2 N–H and O–H groups in total. The van der Waals surface area contributed by atoms with Crippen molar-refractivity contribution in [3.05, 3.63) is 89.7 Å². The van der Waals surface area contributed by atoms with Gasteiger partial charge in [0, 0.05) is 51.7 Å². The van der Waals surface area contributed by atoms with E-state index in [0.717, 1.165) is 51.5 Å².